The number of benzene rings is 1. The fourth-order valence-corrected chi connectivity index (χ4v) is 2.21. The van der Waals surface area contributed by atoms with Crippen molar-refractivity contribution < 1.29 is 22.7 Å². The van der Waals surface area contributed by atoms with Crippen molar-refractivity contribution in [2.24, 2.45) is 0 Å². The molecule has 0 aromatic heterocycles. The van der Waals surface area contributed by atoms with Crippen LogP contribution in [0.1, 0.15) is 5.56 Å². The van der Waals surface area contributed by atoms with Gasteiger partial charge in [0, 0.05) is 10.0 Å². The minimum absolute atomic E-state index is 0.292. The highest BCUT2D eigenvalue weighted by Crippen LogP contribution is 2.34. The second kappa shape index (κ2) is 4.89. The van der Waals surface area contributed by atoms with E-state index in [4.69, 9.17) is 4.74 Å². The molecule has 0 spiro atoms. The van der Waals surface area contributed by atoms with Crippen molar-refractivity contribution in [2.45, 2.75) is 12.0 Å². The highest BCUT2D eigenvalue weighted by Gasteiger charge is 2.47. The SMILES string of the molecule is O=C1COC[C@](c2cc(Br)ccc2F)(C(F)F)N1. The Hall–Kier alpha value is -1.08. The Labute approximate surface area is 109 Å². The molecule has 1 amide bonds. The van der Waals surface area contributed by atoms with Crippen LogP contribution in [-0.2, 0) is 15.1 Å². The smallest absolute Gasteiger partial charge is 0.267 e. The number of nitrogens with one attached hydrogen (secondary N) is 1. The van der Waals surface area contributed by atoms with Crippen molar-refractivity contribution in [3.05, 3.63) is 34.1 Å². The molecule has 1 aliphatic rings. The van der Waals surface area contributed by atoms with Crippen LogP contribution in [0.3, 0.4) is 0 Å². The van der Waals surface area contributed by atoms with Gasteiger partial charge in [-0.2, -0.15) is 0 Å². The molecule has 1 aromatic rings. The summed E-state index contributed by atoms with van der Waals surface area (Å²) < 4.78 is 45.5. The van der Waals surface area contributed by atoms with Crippen LogP contribution in [0.2, 0.25) is 0 Å². The third-order valence-electron chi connectivity index (χ3n) is 2.71. The number of alkyl halides is 2. The highest BCUT2D eigenvalue weighted by molar-refractivity contribution is 9.10. The molecule has 0 unspecified atom stereocenters. The number of hydrogen-bond donors (Lipinski definition) is 1. The highest BCUT2D eigenvalue weighted by atomic mass is 79.9. The lowest BCUT2D eigenvalue weighted by molar-refractivity contribution is -0.144. The van der Waals surface area contributed by atoms with Crippen LogP contribution in [0.25, 0.3) is 0 Å². The summed E-state index contributed by atoms with van der Waals surface area (Å²) in [7, 11) is 0. The van der Waals surface area contributed by atoms with Gasteiger partial charge in [0.15, 0.2) is 5.54 Å². The summed E-state index contributed by atoms with van der Waals surface area (Å²) in [5.41, 5.74) is -2.43. The first-order valence-electron chi connectivity index (χ1n) is 5.08. The maximum Gasteiger partial charge on any atom is 0.267 e. The lowest BCUT2D eigenvalue weighted by Crippen LogP contribution is -2.59. The zero-order valence-electron chi connectivity index (χ0n) is 9.05. The summed E-state index contributed by atoms with van der Waals surface area (Å²) >= 11 is 3.09. The molecule has 1 N–H and O–H groups in total. The van der Waals surface area contributed by atoms with Crippen molar-refractivity contribution >= 4 is 21.8 Å². The number of halogens is 4. The molecule has 1 aliphatic heterocycles. The van der Waals surface area contributed by atoms with E-state index in [1.807, 2.05) is 0 Å². The summed E-state index contributed by atoms with van der Waals surface area (Å²) in [6.45, 7) is -0.770. The third-order valence-corrected chi connectivity index (χ3v) is 3.20. The molecule has 0 aliphatic carbocycles. The number of rotatable bonds is 2. The van der Waals surface area contributed by atoms with Crippen molar-refractivity contribution in [3.8, 4) is 0 Å². The Balaban J connectivity index is 2.53. The Morgan fingerprint density at radius 1 is 1.44 bits per heavy atom. The van der Waals surface area contributed by atoms with Gasteiger partial charge in [0.25, 0.3) is 6.43 Å². The Bertz CT molecular complexity index is 483. The maximum atomic E-state index is 13.7. The van der Waals surface area contributed by atoms with Gasteiger partial charge in [0.2, 0.25) is 5.91 Å². The van der Waals surface area contributed by atoms with Crippen molar-refractivity contribution in [1.29, 1.82) is 0 Å². The van der Waals surface area contributed by atoms with Crippen LogP contribution in [0.4, 0.5) is 13.2 Å². The van der Waals surface area contributed by atoms with Crippen LogP contribution in [0.15, 0.2) is 22.7 Å². The van der Waals surface area contributed by atoms with Crippen molar-refractivity contribution in [3.63, 3.8) is 0 Å². The topological polar surface area (TPSA) is 38.3 Å². The number of hydrogen-bond acceptors (Lipinski definition) is 2. The van der Waals surface area contributed by atoms with E-state index in [9.17, 15) is 18.0 Å². The normalized spacial score (nSPS) is 24.2. The zero-order valence-corrected chi connectivity index (χ0v) is 10.6. The Morgan fingerprint density at radius 3 is 2.78 bits per heavy atom. The number of carbonyl (C=O) groups is 1. The summed E-state index contributed by atoms with van der Waals surface area (Å²) in [4.78, 5) is 11.2. The second-order valence-electron chi connectivity index (χ2n) is 3.94. The summed E-state index contributed by atoms with van der Waals surface area (Å²) in [5.74, 6) is -1.51. The van der Waals surface area contributed by atoms with Gasteiger partial charge in [-0.25, -0.2) is 13.2 Å². The molecule has 2 rings (SSSR count). The molecule has 18 heavy (non-hydrogen) atoms. The van der Waals surface area contributed by atoms with E-state index >= 15 is 0 Å². The average Bonchev–Trinajstić information content (AvgIpc) is 2.32. The van der Waals surface area contributed by atoms with Crippen LogP contribution >= 0.6 is 15.9 Å². The zero-order chi connectivity index (χ0) is 13.3. The van der Waals surface area contributed by atoms with Crippen LogP contribution < -0.4 is 5.32 Å². The summed E-state index contributed by atoms with van der Waals surface area (Å²) in [6.07, 6.45) is -2.98. The lowest BCUT2D eigenvalue weighted by atomic mass is 9.89. The minimum Gasteiger partial charge on any atom is -0.369 e. The Kier molecular flexibility index (Phi) is 3.63. The molecule has 0 bridgehead atoms. The maximum absolute atomic E-state index is 13.7. The summed E-state index contributed by atoms with van der Waals surface area (Å²) in [5, 5.41) is 2.14. The first-order chi connectivity index (χ1) is 8.45. The van der Waals surface area contributed by atoms with Gasteiger partial charge in [0.05, 0.1) is 6.61 Å². The monoisotopic (exact) mass is 323 g/mol. The first-order valence-corrected chi connectivity index (χ1v) is 5.87. The van der Waals surface area contributed by atoms with E-state index in [0.29, 0.717) is 4.47 Å². The van der Waals surface area contributed by atoms with Gasteiger partial charge in [-0.15, -0.1) is 0 Å². The van der Waals surface area contributed by atoms with Gasteiger partial charge >= 0.3 is 0 Å². The van der Waals surface area contributed by atoms with Gasteiger partial charge in [-0.1, -0.05) is 15.9 Å². The van der Waals surface area contributed by atoms with Gasteiger partial charge in [-0.05, 0) is 18.2 Å². The second-order valence-corrected chi connectivity index (χ2v) is 4.85. The quantitative estimate of drug-likeness (QED) is 0.906. The molecule has 98 valence electrons. The molecule has 1 aromatic carbocycles. The average molecular weight is 324 g/mol. The molecule has 0 saturated carbocycles. The molecule has 1 saturated heterocycles. The van der Waals surface area contributed by atoms with E-state index in [2.05, 4.69) is 21.2 Å². The molecular weight excluding hydrogens is 315 g/mol. The van der Waals surface area contributed by atoms with E-state index < -0.39 is 30.3 Å². The van der Waals surface area contributed by atoms with Crippen molar-refractivity contribution in [2.75, 3.05) is 13.2 Å². The fraction of sp³-hybridized carbons (Fsp3) is 0.364. The molecule has 1 heterocycles. The van der Waals surface area contributed by atoms with E-state index in [-0.39, 0.29) is 12.2 Å². The fourth-order valence-electron chi connectivity index (χ4n) is 1.85. The van der Waals surface area contributed by atoms with E-state index in [1.165, 1.54) is 12.1 Å². The molecule has 3 nitrogen and oxygen atoms in total. The minimum atomic E-state index is -2.98. The molecule has 0 radical (unpaired) electrons. The Morgan fingerprint density at radius 2 is 2.17 bits per heavy atom. The van der Waals surface area contributed by atoms with Gasteiger partial charge < -0.3 is 10.1 Å². The first kappa shape index (κ1) is 13.4. The molecular formula is C11H9BrF3NO2. The summed E-state index contributed by atoms with van der Waals surface area (Å²) in [6, 6.07) is 3.67. The van der Waals surface area contributed by atoms with E-state index in [1.54, 1.807) is 0 Å². The molecule has 7 heteroatoms. The largest absolute Gasteiger partial charge is 0.369 e. The van der Waals surface area contributed by atoms with Gasteiger partial charge in [-0.3, -0.25) is 4.79 Å². The number of amides is 1. The lowest BCUT2D eigenvalue weighted by Gasteiger charge is -2.37. The van der Waals surface area contributed by atoms with Crippen LogP contribution in [0.5, 0.6) is 0 Å². The number of carbonyl (C=O) groups excluding carboxylic acids is 1. The predicted octanol–water partition coefficient (Wildman–Crippen LogP) is 2.19. The standard InChI is InChI=1S/C11H9BrF3NO2/c12-6-1-2-8(13)7(3-6)11(10(14)15)5-18-4-9(17)16-11/h1-3,10H,4-5H2,(H,16,17)/t11-/m0/s1. The van der Waals surface area contributed by atoms with E-state index in [0.717, 1.165) is 6.07 Å². The number of ether oxygens (including phenoxy) is 1. The molecule has 1 fully saturated rings. The number of morpholine rings is 1. The van der Waals surface area contributed by atoms with Crippen molar-refractivity contribution in [1.82, 2.24) is 5.32 Å². The van der Waals surface area contributed by atoms with Gasteiger partial charge in [0.1, 0.15) is 12.4 Å². The predicted molar refractivity (Wildman–Crippen MR) is 60.7 cm³/mol. The van der Waals surface area contributed by atoms with Crippen LogP contribution in [0, 0.1) is 5.82 Å². The molecule has 1 atom stereocenters. The third kappa shape index (κ3) is 2.24. The van der Waals surface area contributed by atoms with Crippen LogP contribution in [-0.4, -0.2) is 25.5 Å².